The van der Waals surface area contributed by atoms with Crippen molar-refractivity contribution >= 4 is 39.0 Å². The quantitative estimate of drug-likeness (QED) is 0.761. The second-order valence-electron chi connectivity index (χ2n) is 8.38. The molecule has 0 radical (unpaired) electrons. The van der Waals surface area contributed by atoms with Gasteiger partial charge in [0.25, 0.3) is 5.91 Å². The molecule has 0 spiro atoms. The van der Waals surface area contributed by atoms with E-state index in [1.165, 1.54) is 11.3 Å². The van der Waals surface area contributed by atoms with Gasteiger partial charge < -0.3 is 15.4 Å². The minimum atomic E-state index is -0.922. The minimum absolute atomic E-state index is 0.0495. The van der Waals surface area contributed by atoms with Crippen molar-refractivity contribution in [3.63, 3.8) is 0 Å². The maximum absolute atomic E-state index is 13.1. The first-order valence-electron chi connectivity index (χ1n) is 10.2. The zero-order chi connectivity index (χ0) is 20.6. The normalized spacial score (nSPS) is 24.7. The molecule has 1 aromatic carbocycles. The predicted octanol–water partition coefficient (Wildman–Crippen LogP) is 3.05. The van der Waals surface area contributed by atoms with E-state index in [0.29, 0.717) is 17.7 Å². The highest BCUT2D eigenvalue weighted by Crippen LogP contribution is 2.38. The van der Waals surface area contributed by atoms with E-state index in [9.17, 15) is 14.4 Å². The number of ether oxygens (including phenoxy) is 1. The molecule has 154 valence electrons. The SMILES string of the molecule is CC(C)CC(NC(=O)c1cc2ccccc2s1)C(=O)NC12CCCC1OCC2=O. The van der Waals surface area contributed by atoms with Crippen LogP contribution in [0.4, 0.5) is 0 Å². The molecule has 2 aliphatic rings. The average Bonchev–Trinajstić information content (AvgIpc) is 3.36. The van der Waals surface area contributed by atoms with Gasteiger partial charge in [-0.25, -0.2) is 0 Å². The molecule has 1 saturated heterocycles. The summed E-state index contributed by atoms with van der Waals surface area (Å²) < 4.78 is 6.62. The van der Waals surface area contributed by atoms with Crippen LogP contribution in [-0.2, 0) is 14.3 Å². The highest BCUT2D eigenvalue weighted by atomic mass is 32.1. The van der Waals surface area contributed by atoms with Gasteiger partial charge in [0, 0.05) is 4.70 Å². The third kappa shape index (κ3) is 3.81. The molecule has 2 N–H and O–H groups in total. The third-order valence-corrected chi connectivity index (χ3v) is 6.94. The second-order valence-corrected chi connectivity index (χ2v) is 9.46. The zero-order valence-corrected chi connectivity index (χ0v) is 17.5. The number of hydrogen-bond acceptors (Lipinski definition) is 5. The molecule has 2 amide bonds. The number of hydrogen-bond donors (Lipinski definition) is 2. The summed E-state index contributed by atoms with van der Waals surface area (Å²) in [6.07, 6.45) is 2.46. The van der Waals surface area contributed by atoms with E-state index >= 15 is 0 Å². The fourth-order valence-electron chi connectivity index (χ4n) is 4.37. The minimum Gasteiger partial charge on any atom is -0.367 e. The summed E-state index contributed by atoms with van der Waals surface area (Å²) in [4.78, 5) is 39.0. The van der Waals surface area contributed by atoms with Crippen LogP contribution in [0.5, 0.6) is 0 Å². The molecule has 1 saturated carbocycles. The lowest BCUT2D eigenvalue weighted by molar-refractivity contribution is -0.131. The van der Waals surface area contributed by atoms with E-state index in [0.717, 1.165) is 22.9 Å². The summed E-state index contributed by atoms with van der Waals surface area (Å²) in [5.74, 6) is -0.422. The van der Waals surface area contributed by atoms with Crippen molar-refractivity contribution in [3.8, 4) is 0 Å². The van der Waals surface area contributed by atoms with E-state index in [1.54, 1.807) is 0 Å². The predicted molar refractivity (Wildman–Crippen MR) is 112 cm³/mol. The number of carbonyl (C=O) groups is 3. The Morgan fingerprint density at radius 2 is 2.10 bits per heavy atom. The first kappa shape index (κ1) is 20.0. The monoisotopic (exact) mass is 414 g/mol. The van der Waals surface area contributed by atoms with E-state index in [-0.39, 0.29) is 36.2 Å². The largest absolute Gasteiger partial charge is 0.367 e. The van der Waals surface area contributed by atoms with Crippen LogP contribution in [0.1, 0.15) is 49.2 Å². The summed E-state index contributed by atoms with van der Waals surface area (Å²) in [5.41, 5.74) is -0.922. The highest BCUT2D eigenvalue weighted by molar-refractivity contribution is 7.20. The van der Waals surface area contributed by atoms with Crippen LogP contribution < -0.4 is 10.6 Å². The van der Waals surface area contributed by atoms with Gasteiger partial charge >= 0.3 is 0 Å². The number of ketones is 1. The number of Topliss-reactive ketones (excluding diaryl/α,β-unsaturated/α-hetero) is 1. The molecule has 6 nitrogen and oxygen atoms in total. The lowest BCUT2D eigenvalue weighted by Gasteiger charge is -2.30. The van der Waals surface area contributed by atoms with E-state index < -0.39 is 11.6 Å². The van der Waals surface area contributed by atoms with Crippen LogP contribution in [-0.4, -0.2) is 41.9 Å². The Morgan fingerprint density at radius 3 is 2.86 bits per heavy atom. The lowest BCUT2D eigenvalue weighted by Crippen LogP contribution is -2.60. The van der Waals surface area contributed by atoms with Gasteiger partial charge in [-0.15, -0.1) is 11.3 Å². The lowest BCUT2D eigenvalue weighted by atomic mass is 9.91. The smallest absolute Gasteiger partial charge is 0.262 e. The third-order valence-electron chi connectivity index (χ3n) is 5.82. The fourth-order valence-corrected chi connectivity index (χ4v) is 5.33. The van der Waals surface area contributed by atoms with Gasteiger partial charge in [-0.05, 0) is 49.1 Å². The maximum Gasteiger partial charge on any atom is 0.262 e. The Labute approximate surface area is 174 Å². The van der Waals surface area contributed by atoms with Crippen molar-refractivity contribution in [2.45, 2.75) is 57.2 Å². The van der Waals surface area contributed by atoms with Crippen molar-refractivity contribution in [2.75, 3.05) is 6.61 Å². The second kappa shape index (κ2) is 7.88. The summed E-state index contributed by atoms with van der Waals surface area (Å²) >= 11 is 1.41. The van der Waals surface area contributed by atoms with Crippen molar-refractivity contribution in [2.24, 2.45) is 5.92 Å². The van der Waals surface area contributed by atoms with Crippen molar-refractivity contribution in [1.29, 1.82) is 0 Å². The molecule has 0 bridgehead atoms. The van der Waals surface area contributed by atoms with Crippen molar-refractivity contribution in [1.82, 2.24) is 10.6 Å². The molecule has 2 fully saturated rings. The number of rotatable bonds is 6. The number of carbonyl (C=O) groups excluding carboxylic acids is 3. The summed E-state index contributed by atoms with van der Waals surface area (Å²) in [6.45, 7) is 4.06. The van der Waals surface area contributed by atoms with E-state index in [1.807, 2.05) is 44.2 Å². The molecule has 1 aliphatic carbocycles. The maximum atomic E-state index is 13.1. The number of amides is 2. The number of thiophene rings is 1. The van der Waals surface area contributed by atoms with E-state index in [2.05, 4.69) is 10.6 Å². The van der Waals surface area contributed by atoms with Gasteiger partial charge in [0.2, 0.25) is 5.91 Å². The molecule has 3 unspecified atom stereocenters. The first-order chi connectivity index (χ1) is 13.9. The standard InChI is InChI=1S/C22H26N2O4S/c1-13(2)10-15(20(26)24-22-9-5-8-19(22)28-12-18(22)25)23-21(27)17-11-14-6-3-4-7-16(14)29-17/h3-4,6-7,11,13,15,19H,5,8-10,12H2,1-2H3,(H,23,27)(H,24,26). The summed E-state index contributed by atoms with van der Waals surface area (Å²) in [6, 6.07) is 8.96. The van der Waals surface area contributed by atoms with Gasteiger partial charge in [-0.3, -0.25) is 14.4 Å². The fraction of sp³-hybridized carbons (Fsp3) is 0.500. The van der Waals surface area contributed by atoms with Crippen LogP contribution >= 0.6 is 11.3 Å². The van der Waals surface area contributed by atoms with Crippen LogP contribution in [0.25, 0.3) is 10.1 Å². The number of nitrogens with one attached hydrogen (secondary N) is 2. The average molecular weight is 415 g/mol. The Bertz CT molecular complexity index is 920. The summed E-state index contributed by atoms with van der Waals surface area (Å²) in [5, 5.41) is 6.87. The molecule has 29 heavy (non-hydrogen) atoms. The van der Waals surface area contributed by atoms with Crippen LogP contribution in [0.2, 0.25) is 0 Å². The van der Waals surface area contributed by atoms with Crippen molar-refractivity contribution < 1.29 is 19.1 Å². The Hall–Kier alpha value is -2.25. The summed E-state index contributed by atoms with van der Waals surface area (Å²) in [7, 11) is 0. The number of benzene rings is 1. The molecule has 2 heterocycles. The van der Waals surface area contributed by atoms with E-state index in [4.69, 9.17) is 4.74 Å². The van der Waals surface area contributed by atoms with Gasteiger partial charge in [0.15, 0.2) is 5.78 Å². The van der Waals surface area contributed by atoms with Gasteiger partial charge in [0.05, 0.1) is 11.0 Å². The Kier molecular flexibility index (Phi) is 5.44. The van der Waals surface area contributed by atoms with Crippen LogP contribution in [0, 0.1) is 5.92 Å². The van der Waals surface area contributed by atoms with Gasteiger partial charge in [0.1, 0.15) is 18.2 Å². The molecular formula is C22H26N2O4S. The van der Waals surface area contributed by atoms with Gasteiger partial charge in [-0.2, -0.15) is 0 Å². The Morgan fingerprint density at radius 1 is 1.31 bits per heavy atom. The first-order valence-corrected chi connectivity index (χ1v) is 11.0. The van der Waals surface area contributed by atoms with Crippen LogP contribution in [0.3, 0.4) is 0 Å². The molecule has 4 rings (SSSR count). The molecule has 7 heteroatoms. The molecule has 1 aliphatic heterocycles. The highest BCUT2D eigenvalue weighted by Gasteiger charge is 2.55. The topological polar surface area (TPSA) is 84.5 Å². The Balaban J connectivity index is 1.51. The van der Waals surface area contributed by atoms with Crippen molar-refractivity contribution in [3.05, 3.63) is 35.2 Å². The zero-order valence-electron chi connectivity index (χ0n) is 16.7. The molecular weight excluding hydrogens is 388 g/mol. The van der Waals surface area contributed by atoms with Gasteiger partial charge in [-0.1, -0.05) is 32.0 Å². The molecule has 2 aromatic rings. The molecule has 1 aromatic heterocycles. The molecule has 3 atom stereocenters. The number of fused-ring (bicyclic) bond motifs is 2. The van der Waals surface area contributed by atoms with Crippen LogP contribution in [0.15, 0.2) is 30.3 Å².